The number of nitrogens with zero attached hydrogens (tertiary/aromatic N) is 1. The van der Waals surface area contributed by atoms with Crippen LogP contribution in [0.4, 0.5) is 8.78 Å². The molecule has 1 aromatic rings. The van der Waals surface area contributed by atoms with E-state index in [1.165, 1.54) is 20.3 Å². The molecule has 2 N–H and O–H groups in total. The van der Waals surface area contributed by atoms with Gasteiger partial charge >= 0.3 is 5.97 Å². The first kappa shape index (κ1) is 14.3. The molecule has 0 fully saturated rings. The van der Waals surface area contributed by atoms with Crippen molar-refractivity contribution in [2.45, 2.75) is 19.4 Å². The van der Waals surface area contributed by atoms with E-state index in [0.29, 0.717) is 0 Å². The second-order valence-corrected chi connectivity index (χ2v) is 3.43. The summed E-state index contributed by atoms with van der Waals surface area (Å²) in [6, 6.07) is 1.29. The van der Waals surface area contributed by atoms with E-state index in [4.69, 9.17) is 10.5 Å². The maximum absolute atomic E-state index is 12.9. The Kier molecular flexibility index (Phi) is 4.96. The summed E-state index contributed by atoms with van der Waals surface area (Å²) < 4.78 is 35.1. The Labute approximate surface area is 103 Å². The minimum absolute atomic E-state index is 0.0169. The number of aromatic nitrogens is 1. The monoisotopic (exact) mass is 260 g/mol. The highest BCUT2D eigenvalue weighted by Crippen LogP contribution is 2.32. The third-order valence-electron chi connectivity index (χ3n) is 2.34. The van der Waals surface area contributed by atoms with Crippen molar-refractivity contribution >= 4 is 5.97 Å². The van der Waals surface area contributed by atoms with Crippen LogP contribution < -0.4 is 10.5 Å². The van der Waals surface area contributed by atoms with Crippen molar-refractivity contribution in [2.24, 2.45) is 5.73 Å². The van der Waals surface area contributed by atoms with Gasteiger partial charge in [0.2, 0.25) is 0 Å². The number of nitrogens with two attached hydrogens (primary N) is 1. The molecule has 0 aliphatic heterocycles. The topological polar surface area (TPSA) is 74.4 Å². The van der Waals surface area contributed by atoms with Crippen LogP contribution >= 0.6 is 0 Å². The number of carbonyl (C=O) groups excluding carboxylic acids is 1. The van der Waals surface area contributed by atoms with E-state index in [1.807, 2.05) is 0 Å². The molecule has 1 rings (SSSR count). The number of methoxy groups -OCH3 is 2. The van der Waals surface area contributed by atoms with Crippen LogP contribution in [0.1, 0.15) is 23.4 Å². The van der Waals surface area contributed by atoms with E-state index in [-0.39, 0.29) is 35.7 Å². The number of ether oxygens (including phenoxy) is 2. The van der Waals surface area contributed by atoms with Crippen LogP contribution in [-0.4, -0.2) is 25.2 Å². The predicted octanol–water partition coefficient (Wildman–Crippen LogP) is 1.20. The molecule has 100 valence electrons. The summed E-state index contributed by atoms with van der Waals surface area (Å²) in [6.07, 6.45) is -2.86. The number of alkyl halides is 2. The van der Waals surface area contributed by atoms with Crippen LogP contribution in [0, 0.1) is 0 Å². The molecule has 18 heavy (non-hydrogen) atoms. The fourth-order valence-electron chi connectivity index (χ4n) is 1.51. The molecule has 1 aromatic heterocycles. The molecule has 7 heteroatoms. The molecular weight excluding hydrogens is 246 g/mol. The van der Waals surface area contributed by atoms with Crippen LogP contribution in [-0.2, 0) is 22.5 Å². The summed E-state index contributed by atoms with van der Waals surface area (Å²) in [4.78, 5) is 15.0. The molecule has 0 aromatic carbocycles. The molecular formula is C11H14F2N2O3. The SMILES string of the molecule is COC(=O)Cc1cc(OC)c(C(F)F)c(CN)n1. The van der Waals surface area contributed by atoms with Crippen molar-refractivity contribution in [3.05, 3.63) is 23.0 Å². The maximum atomic E-state index is 12.9. The largest absolute Gasteiger partial charge is 0.496 e. The number of rotatable bonds is 5. The van der Waals surface area contributed by atoms with Gasteiger partial charge in [-0.25, -0.2) is 8.78 Å². The molecule has 0 saturated heterocycles. The van der Waals surface area contributed by atoms with Gasteiger partial charge in [0.15, 0.2) is 0 Å². The van der Waals surface area contributed by atoms with Crippen molar-refractivity contribution in [1.82, 2.24) is 4.98 Å². The smallest absolute Gasteiger partial charge is 0.311 e. The minimum Gasteiger partial charge on any atom is -0.496 e. The third-order valence-corrected chi connectivity index (χ3v) is 2.34. The van der Waals surface area contributed by atoms with Gasteiger partial charge in [-0.15, -0.1) is 0 Å². The molecule has 0 unspecified atom stereocenters. The molecule has 5 nitrogen and oxygen atoms in total. The Morgan fingerprint density at radius 2 is 2.17 bits per heavy atom. The quantitative estimate of drug-likeness (QED) is 0.805. The summed E-state index contributed by atoms with van der Waals surface area (Å²) in [5.74, 6) is -0.545. The standard InChI is InChI=1S/C11H14F2N2O3/c1-17-8-3-6(4-9(16)18-2)15-7(5-14)10(8)11(12)13/h3,11H,4-5,14H2,1-2H3. The Hall–Kier alpha value is -1.76. The van der Waals surface area contributed by atoms with Crippen molar-refractivity contribution in [1.29, 1.82) is 0 Å². The molecule has 0 atom stereocenters. The van der Waals surface area contributed by atoms with Gasteiger partial charge in [0.1, 0.15) is 5.75 Å². The molecule has 0 aliphatic rings. The highest BCUT2D eigenvalue weighted by Gasteiger charge is 2.21. The maximum Gasteiger partial charge on any atom is 0.311 e. The lowest BCUT2D eigenvalue weighted by Crippen LogP contribution is -2.12. The Balaban J connectivity index is 3.21. The fourth-order valence-corrected chi connectivity index (χ4v) is 1.51. The van der Waals surface area contributed by atoms with Gasteiger partial charge in [-0.1, -0.05) is 0 Å². The first-order valence-corrected chi connectivity index (χ1v) is 5.15. The predicted molar refractivity (Wildman–Crippen MR) is 59.4 cm³/mol. The lowest BCUT2D eigenvalue weighted by Gasteiger charge is -2.13. The average molecular weight is 260 g/mol. The number of hydrogen-bond acceptors (Lipinski definition) is 5. The van der Waals surface area contributed by atoms with Crippen LogP contribution in [0.15, 0.2) is 6.07 Å². The Morgan fingerprint density at radius 3 is 2.61 bits per heavy atom. The second kappa shape index (κ2) is 6.25. The van der Waals surface area contributed by atoms with Gasteiger partial charge < -0.3 is 15.2 Å². The van der Waals surface area contributed by atoms with Crippen LogP contribution in [0.3, 0.4) is 0 Å². The Morgan fingerprint density at radius 1 is 1.50 bits per heavy atom. The van der Waals surface area contributed by atoms with Crippen LogP contribution in [0.2, 0.25) is 0 Å². The normalized spacial score (nSPS) is 10.6. The highest BCUT2D eigenvalue weighted by molar-refractivity contribution is 5.72. The molecule has 0 radical (unpaired) electrons. The average Bonchev–Trinajstić information content (AvgIpc) is 2.36. The number of carbonyl (C=O) groups is 1. The molecule has 1 heterocycles. The number of pyridine rings is 1. The summed E-state index contributed by atoms with van der Waals surface area (Å²) in [5.41, 5.74) is 5.34. The molecule has 0 amide bonds. The highest BCUT2D eigenvalue weighted by atomic mass is 19.3. The van der Waals surface area contributed by atoms with Gasteiger partial charge in [-0.2, -0.15) is 0 Å². The minimum atomic E-state index is -2.74. The summed E-state index contributed by atoms with van der Waals surface area (Å²) >= 11 is 0. The molecule has 0 aliphatic carbocycles. The zero-order valence-corrected chi connectivity index (χ0v) is 10.1. The first-order chi connectivity index (χ1) is 8.53. The van der Waals surface area contributed by atoms with Gasteiger partial charge in [0.25, 0.3) is 6.43 Å². The van der Waals surface area contributed by atoms with Crippen LogP contribution in [0.5, 0.6) is 5.75 Å². The van der Waals surface area contributed by atoms with E-state index in [2.05, 4.69) is 9.72 Å². The van der Waals surface area contributed by atoms with Crippen molar-refractivity contribution in [3.8, 4) is 5.75 Å². The van der Waals surface area contributed by atoms with Gasteiger partial charge in [-0.05, 0) is 0 Å². The van der Waals surface area contributed by atoms with Gasteiger partial charge in [0.05, 0.1) is 37.6 Å². The number of esters is 1. The second-order valence-electron chi connectivity index (χ2n) is 3.43. The zero-order chi connectivity index (χ0) is 13.7. The van der Waals surface area contributed by atoms with Crippen molar-refractivity contribution in [3.63, 3.8) is 0 Å². The number of hydrogen-bond donors (Lipinski definition) is 1. The summed E-state index contributed by atoms with van der Waals surface area (Å²) in [7, 11) is 2.50. The van der Waals surface area contributed by atoms with Gasteiger partial charge in [-0.3, -0.25) is 9.78 Å². The van der Waals surface area contributed by atoms with E-state index >= 15 is 0 Å². The lowest BCUT2D eigenvalue weighted by molar-refractivity contribution is -0.139. The van der Waals surface area contributed by atoms with Crippen molar-refractivity contribution < 1.29 is 23.0 Å². The molecule has 0 spiro atoms. The van der Waals surface area contributed by atoms with Crippen LogP contribution in [0.25, 0.3) is 0 Å². The summed E-state index contributed by atoms with van der Waals surface area (Å²) in [6.45, 7) is -0.162. The van der Waals surface area contributed by atoms with E-state index in [0.717, 1.165) is 0 Å². The molecule has 0 bridgehead atoms. The van der Waals surface area contributed by atoms with E-state index in [9.17, 15) is 13.6 Å². The lowest BCUT2D eigenvalue weighted by atomic mass is 10.1. The van der Waals surface area contributed by atoms with E-state index in [1.54, 1.807) is 0 Å². The number of halogens is 2. The Bertz CT molecular complexity index is 413. The van der Waals surface area contributed by atoms with E-state index < -0.39 is 12.4 Å². The van der Waals surface area contributed by atoms with Crippen molar-refractivity contribution in [2.75, 3.05) is 14.2 Å². The summed E-state index contributed by atoms with van der Waals surface area (Å²) in [5, 5.41) is 0. The molecule has 0 saturated carbocycles. The fraction of sp³-hybridized carbons (Fsp3) is 0.455. The first-order valence-electron chi connectivity index (χ1n) is 5.15. The van der Waals surface area contributed by atoms with Gasteiger partial charge in [0, 0.05) is 12.6 Å². The zero-order valence-electron chi connectivity index (χ0n) is 10.1. The third kappa shape index (κ3) is 3.13.